The number of hydrogen-bond donors (Lipinski definition) is 1. The fourth-order valence-electron chi connectivity index (χ4n) is 1.44. The van der Waals surface area contributed by atoms with Crippen molar-refractivity contribution in [1.82, 2.24) is 5.32 Å². The Hall–Kier alpha value is -1.61. The van der Waals surface area contributed by atoms with Crippen molar-refractivity contribution >= 4 is 17.2 Å². The van der Waals surface area contributed by atoms with Gasteiger partial charge < -0.3 is 5.32 Å². The highest BCUT2D eigenvalue weighted by atomic mass is 32.1. The zero-order valence-electron chi connectivity index (χ0n) is 9.07. The molecule has 2 aromatic rings. The molecule has 0 saturated carbocycles. The van der Waals surface area contributed by atoms with Gasteiger partial charge in [0.2, 0.25) is 0 Å². The molecule has 0 bridgehead atoms. The lowest BCUT2D eigenvalue weighted by atomic mass is 10.2. The van der Waals surface area contributed by atoms with Crippen molar-refractivity contribution < 1.29 is 4.79 Å². The van der Waals surface area contributed by atoms with Crippen molar-refractivity contribution in [3.05, 3.63) is 57.8 Å². The molecule has 1 aromatic carbocycles. The largest absolute Gasteiger partial charge is 0.348 e. The number of aryl methyl sites for hydroxylation is 1. The van der Waals surface area contributed by atoms with Crippen molar-refractivity contribution in [1.29, 1.82) is 0 Å². The molecule has 3 heteroatoms. The van der Waals surface area contributed by atoms with Crippen LogP contribution in [0.1, 0.15) is 20.8 Å². The number of rotatable bonds is 3. The summed E-state index contributed by atoms with van der Waals surface area (Å²) in [7, 11) is 0. The van der Waals surface area contributed by atoms with Crippen LogP contribution in [0.3, 0.4) is 0 Å². The molecular weight excluding hydrogens is 218 g/mol. The predicted octanol–water partition coefficient (Wildman–Crippen LogP) is 2.99. The van der Waals surface area contributed by atoms with Gasteiger partial charge in [-0.1, -0.05) is 30.3 Å². The van der Waals surface area contributed by atoms with Crippen LogP contribution in [0.5, 0.6) is 0 Å². The second-order valence-electron chi connectivity index (χ2n) is 3.61. The summed E-state index contributed by atoms with van der Waals surface area (Å²) in [6.07, 6.45) is 0. The van der Waals surface area contributed by atoms with Gasteiger partial charge in [0.25, 0.3) is 5.91 Å². The van der Waals surface area contributed by atoms with E-state index in [0.29, 0.717) is 6.54 Å². The van der Waals surface area contributed by atoms with Crippen LogP contribution in [-0.4, -0.2) is 5.91 Å². The summed E-state index contributed by atoms with van der Waals surface area (Å²) in [6, 6.07) is 11.8. The van der Waals surface area contributed by atoms with Gasteiger partial charge in [0, 0.05) is 16.8 Å². The second kappa shape index (κ2) is 4.94. The van der Waals surface area contributed by atoms with Crippen molar-refractivity contribution in [3.8, 4) is 0 Å². The van der Waals surface area contributed by atoms with Gasteiger partial charge in [-0.3, -0.25) is 4.79 Å². The second-order valence-corrected chi connectivity index (χ2v) is 4.73. The number of amides is 1. The summed E-state index contributed by atoms with van der Waals surface area (Å²) in [4.78, 5) is 12.9. The summed E-state index contributed by atoms with van der Waals surface area (Å²) < 4.78 is 0. The lowest BCUT2D eigenvalue weighted by molar-refractivity contribution is 0.0951. The number of benzene rings is 1. The van der Waals surface area contributed by atoms with Crippen LogP contribution >= 0.6 is 11.3 Å². The predicted molar refractivity (Wildman–Crippen MR) is 66.7 cm³/mol. The number of thiophene rings is 1. The minimum Gasteiger partial charge on any atom is -0.348 e. The van der Waals surface area contributed by atoms with E-state index in [1.54, 1.807) is 11.3 Å². The first kappa shape index (κ1) is 10.9. The molecular formula is C13H13NOS. The monoisotopic (exact) mass is 231 g/mol. The molecule has 1 N–H and O–H groups in total. The molecule has 0 aliphatic carbocycles. The Balaban J connectivity index is 1.94. The SMILES string of the molecule is Cc1cc(C(=O)NCc2ccccc2)cs1. The molecule has 0 spiro atoms. The van der Waals surface area contributed by atoms with E-state index in [1.807, 2.05) is 48.7 Å². The summed E-state index contributed by atoms with van der Waals surface area (Å²) in [5.74, 6) is -0.00629. The maximum atomic E-state index is 11.7. The molecule has 0 fully saturated rings. The van der Waals surface area contributed by atoms with Gasteiger partial charge in [-0.15, -0.1) is 11.3 Å². The van der Waals surface area contributed by atoms with E-state index in [2.05, 4.69) is 5.32 Å². The number of carbonyl (C=O) groups excluding carboxylic acids is 1. The van der Waals surface area contributed by atoms with Crippen LogP contribution in [0, 0.1) is 6.92 Å². The van der Waals surface area contributed by atoms with Gasteiger partial charge in [-0.2, -0.15) is 0 Å². The van der Waals surface area contributed by atoms with Gasteiger partial charge in [0.1, 0.15) is 0 Å². The minimum atomic E-state index is -0.00629. The molecule has 2 nitrogen and oxygen atoms in total. The number of nitrogens with one attached hydrogen (secondary N) is 1. The maximum absolute atomic E-state index is 11.7. The van der Waals surface area contributed by atoms with E-state index < -0.39 is 0 Å². The molecule has 0 aliphatic heterocycles. The Morgan fingerprint density at radius 1 is 1.31 bits per heavy atom. The first-order valence-electron chi connectivity index (χ1n) is 5.13. The fraction of sp³-hybridized carbons (Fsp3) is 0.154. The molecule has 16 heavy (non-hydrogen) atoms. The van der Waals surface area contributed by atoms with E-state index in [0.717, 1.165) is 16.0 Å². The molecule has 0 saturated heterocycles. The topological polar surface area (TPSA) is 29.1 Å². The van der Waals surface area contributed by atoms with Gasteiger partial charge in [-0.05, 0) is 18.6 Å². The lowest BCUT2D eigenvalue weighted by Crippen LogP contribution is -2.22. The Labute approximate surface area is 98.9 Å². The normalized spacial score (nSPS) is 10.1. The molecule has 0 atom stereocenters. The highest BCUT2D eigenvalue weighted by Gasteiger charge is 2.06. The third kappa shape index (κ3) is 2.70. The fourth-order valence-corrected chi connectivity index (χ4v) is 2.13. The van der Waals surface area contributed by atoms with Gasteiger partial charge in [0.05, 0.1) is 5.56 Å². The van der Waals surface area contributed by atoms with Gasteiger partial charge in [0.15, 0.2) is 0 Å². The average molecular weight is 231 g/mol. The van der Waals surface area contributed by atoms with Crippen molar-refractivity contribution in [2.45, 2.75) is 13.5 Å². The smallest absolute Gasteiger partial charge is 0.252 e. The lowest BCUT2D eigenvalue weighted by Gasteiger charge is -2.03. The van der Waals surface area contributed by atoms with Crippen LogP contribution in [0.25, 0.3) is 0 Å². The molecule has 0 aliphatic rings. The Morgan fingerprint density at radius 3 is 2.69 bits per heavy atom. The van der Waals surface area contributed by atoms with Crippen molar-refractivity contribution in [3.63, 3.8) is 0 Å². The molecule has 1 heterocycles. The molecule has 82 valence electrons. The molecule has 0 unspecified atom stereocenters. The highest BCUT2D eigenvalue weighted by Crippen LogP contribution is 2.12. The van der Waals surface area contributed by atoms with Crippen LogP contribution in [0.15, 0.2) is 41.8 Å². The van der Waals surface area contributed by atoms with Crippen molar-refractivity contribution in [2.24, 2.45) is 0 Å². The maximum Gasteiger partial charge on any atom is 0.252 e. The number of hydrogen-bond acceptors (Lipinski definition) is 2. The standard InChI is InChI=1S/C13H13NOS/c1-10-7-12(9-16-10)13(15)14-8-11-5-3-2-4-6-11/h2-7,9H,8H2,1H3,(H,14,15). The molecule has 1 aromatic heterocycles. The van der Waals surface area contributed by atoms with Crippen LogP contribution in [0.4, 0.5) is 0 Å². The van der Waals surface area contributed by atoms with E-state index in [9.17, 15) is 4.79 Å². The summed E-state index contributed by atoms with van der Waals surface area (Å²) in [6.45, 7) is 2.58. The van der Waals surface area contributed by atoms with Crippen molar-refractivity contribution in [2.75, 3.05) is 0 Å². The molecule has 1 amide bonds. The van der Waals surface area contributed by atoms with Gasteiger partial charge in [-0.25, -0.2) is 0 Å². The highest BCUT2D eigenvalue weighted by molar-refractivity contribution is 7.10. The zero-order chi connectivity index (χ0) is 11.4. The third-order valence-electron chi connectivity index (χ3n) is 2.29. The molecule has 0 radical (unpaired) electrons. The van der Waals surface area contributed by atoms with E-state index in [4.69, 9.17) is 0 Å². The van der Waals surface area contributed by atoms with E-state index in [-0.39, 0.29) is 5.91 Å². The summed E-state index contributed by atoms with van der Waals surface area (Å²) in [5.41, 5.74) is 1.86. The Bertz CT molecular complexity index is 476. The van der Waals surface area contributed by atoms with E-state index >= 15 is 0 Å². The third-order valence-corrected chi connectivity index (χ3v) is 3.15. The van der Waals surface area contributed by atoms with Gasteiger partial charge >= 0.3 is 0 Å². The number of carbonyl (C=O) groups is 1. The summed E-state index contributed by atoms with van der Waals surface area (Å²) in [5, 5.41) is 4.78. The molecule has 2 rings (SSSR count). The summed E-state index contributed by atoms with van der Waals surface area (Å²) >= 11 is 1.59. The van der Waals surface area contributed by atoms with Crippen LogP contribution in [-0.2, 0) is 6.54 Å². The minimum absolute atomic E-state index is 0.00629. The first-order valence-corrected chi connectivity index (χ1v) is 6.01. The first-order chi connectivity index (χ1) is 7.75. The Kier molecular flexibility index (Phi) is 3.37. The van der Waals surface area contributed by atoms with E-state index in [1.165, 1.54) is 0 Å². The van der Waals surface area contributed by atoms with Crippen LogP contribution < -0.4 is 5.32 Å². The van der Waals surface area contributed by atoms with Crippen LogP contribution in [0.2, 0.25) is 0 Å². The average Bonchev–Trinajstić information content (AvgIpc) is 2.74. The zero-order valence-corrected chi connectivity index (χ0v) is 9.88. The quantitative estimate of drug-likeness (QED) is 0.864. The Morgan fingerprint density at radius 2 is 2.06 bits per heavy atom.